The number of benzene rings is 1. The van der Waals surface area contributed by atoms with E-state index in [2.05, 4.69) is 5.32 Å². The Balaban J connectivity index is 2.07. The minimum absolute atomic E-state index is 0.0523. The molecule has 0 saturated carbocycles. The maximum Gasteiger partial charge on any atom is 0.294 e. The fraction of sp³-hybridized carbons (Fsp3) is 0.200. The van der Waals surface area contributed by atoms with Gasteiger partial charge in [-0.05, 0) is 25.1 Å². The molecule has 0 aliphatic carbocycles. The zero-order valence-electron chi connectivity index (χ0n) is 15.8. The van der Waals surface area contributed by atoms with Crippen LogP contribution >= 0.6 is 23.2 Å². The molecule has 2 aromatic rings. The molecule has 0 fully saturated rings. The fourth-order valence-electron chi connectivity index (χ4n) is 4.03. The third kappa shape index (κ3) is 2.60. The first-order valence-electron chi connectivity index (χ1n) is 8.83. The monoisotopic (exact) mass is 447 g/mol. The zero-order chi connectivity index (χ0) is 22.0. The van der Waals surface area contributed by atoms with Crippen LogP contribution in [0.15, 0.2) is 46.6 Å². The molecule has 1 unspecified atom stereocenters. The first-order valence-corrected chi connectivity index (χ1v) is 9.59. The number of halogens is 2. The van der Waals surface area contributed by atoms with Crippen molar-refractivity contribution in [3.05, 3.63) is 67.8 Å². The number of rotatable bonds is 3. The molecule has 1 spiro atoms. The molecule has 2 amide bonds. The highest BCUT2D eigenvalue weighted by Gasteiger charge is 2.62. The Morgan fingerprint density at radius 1 is 1.20 bits per heavy atom. The first kappa shape index (κ1) is 20.2. The molecule has 2 aliphatic heterocycles. The molecule has 4 rings (SSSR count). The standard InChI is InChI=1S/C20H15Cl2N3O5/c1-9(26)5-13-16(27)18(29)25(11-7-14(22)17(28)24(2)8-11)20(13)12-4-3-10(21)6-15(12)23-19(20)30/h3-4,6-8,27H,5H2,1-2H3,(H,23,30). The number of Topliss-reactive ketones (excluding diaryl/α,β-unsaturated/α-hetero) is 1. The molecule has 2 aliphatic rings. The van der Waals surface area contributed by atoms with Crippen LogP contribution in [0, 0.1) is 0 Å². The summed E-state index contributed by atoms with van der Waals surface area (Å²) in [7, 11) is 1.44. The van der Waals surface area contributed by atoms with Crippen LogP contribution in [0.1, 0.15) is 18.9 Å². The third-order valence-electron chi connectivity index (χ3n) is 5.22. The number of aliphatic hydroxyl groups excluding tert-OH is 1. The van der Waals surface area contributed by atoms with E-state index in [1.54, 1.807) is 12.1 Å². The highest BCUT2D eigenvalue weighted by atomic mass is 35.5. The van der Waals surface area contributed by atoms with Gasteiger partial charge in [0.1, 0.15) is 10.8 Å². The summed E-state index contributed by atoms with van der Waals surface area (Å²) in [5.74, 6) is -2.58. The summed E-state index contributed by atoms with van der Waals surface area (Å²) >= 11 is 12.1. The van der Waals surface area contributed by atoms with E-state index >= 15 is 0 Å². The van der Waals surface area contributed by atoms with Crippen molar-refractivity contribution in [2.75, 3.05) is 10.2 Å². The highest BCUT2D eigenvalue weighted by Crippen LogP contribution is 2.53. The maximum atomic E-state index is 13.4. The van der Waals surface area contributed by atoms with Crippen LogP contribution in [0.25, 0.3) is 0 Å². The molecule has 1 atom stereocenters. The van der Waals surface area contributed by atoms with Crippen molar-refractivity contribution in [2.45, 2.75) is 18.9 Å². The van der Waals surface area contributed by atoms with Gasteiger partial charge in [-0.3, -0.25) is 24.1 Å². The minimum atomic E-state index is -1.83. The molecular formula is C20H15Cl2N3O5. The van der Waals surface area contributed by atoms with Gasteiger partial charge in [0.2, 0.25) is 0 Å². The summed E-state index contributed by atoms with van der Waals surface area (Å²) in [5.41, 5.74) is -1.58. The highest BCUT2D eigenvalue weighted by molar-refractivity contribution is 6.32. The number of carbonyl (C=O) groups excluding carboxylic acids is 3. The summed E-state index contributed by atoms with van der Waals surface area (Å²) in [4.78, 5) is 51.6. The summed E-state index contributed by atoms with van der Waals surface area (Å²) in [6.45, 7) is 1.29. The van der Waals surface area contributed by atoms with Gasteiger partial charge in [-0.25, -0.2) is 0 Å². The Morgan fingerprint density at radius 2 is 1.90 bits per heavy atom. The van der Waals surface area contributed by atoms with E-state index < -0.39 is 28.7 Å². The Morgan fingerprint density at radius 3 is 2.53 bits per heavy atom. The van der Waals surface area contributed by atoms with Crippen LogP contribution in [0.3, 0.4) is 0 Å². The molecular weight excluding hydrogens is 433 g/mol. The van der Waals surface area contributed by atoms with E-state index in [1.807, 2.05) is 0 Å². The Bertz CT molecular complexity index is 1220. The summed E-state index contributed by atoms with van der Waals surface area (Å²) in [6.07, 6.45) is 1.00. The molecule has 2 N–H and O–H groups in total. The number of amides is 2. The van der Waals surface area contributed by atoms with E-state index in [0.717, 1.165) is 9.47 Å². The maximum absolute atomic E-state index is 13.4. The number of nitrogens with zero attached hydrogens (tertiary/aromatic N) is 2. The SMILES string of the molecule is CC(=O)CC1=C(O)C(=O)N(c2cc(Cl)c(=O)n(C)c2)C12C(=O)Nc1cc(Cl)ccc12. The molecule has 3 heterocycles. The number of pyridine rings is 1. The summed E-state index contributed by atoms with van der Waals surface area (Å²) in [5, 5.41) is 13.5. The van der Waals surface area contributed by atoms with Crippen molar-refractivity contribution in [2.24, 2.45) is 7.05 Å². The van der Waals surface area contributed by atoms with Gasteiger partial charge in [0.25, 0.3) is 17.4 Å². The lowest BCUT2D eigenvalue weighted by molar-refractivity contribution is -0.123. The molecule has 0 radical (unpaired) electrons. The van der Waals surface area contributed by atoms with Crippen LogP contribution in [0.4, 0.5) is 11.4 Å². The fourth-order valence-corrected chi connectivity index (χ4v) is 4.45. The normalized spacial score (nSPS) is 20.2. The summed E-state index contributed by atoms with van der Waals surface area (Å²) in [6, 6.07) is 5.85. The van der Waals surface area contributed by atoms with Gasteiger partial charge < -0.3 is 15.0 Å². The molecule has 8 nitrogen and oxygen atoms in total. The first-order chi connectivity index (χ1) is 14.1. The number of nitrogens with one attached hydrogen (secondary N) is 1. The molecule has 0 saturated heterocycles. The third-order valence-corrected chi connectivity index (χ3v) is 5.73. The number of fused-ring (bicyclic) bond motifs is 2. The second-order valence-corrected chi connectivity index (χ2v) is 8.01. The Kier molecular flexibility index (Phi) is 4.52. The average Bonchev–Trinajstić information content (AvgIpc) is 3.06. The number of aromatic nitrogens is 1. The average molecular weight is 448 g/mol. The summed E-state index contributed by atoms with van der Waals surface area (Å²) < 4.78 is 1.16. The lowest BCUT2D eigenvalue weighted by atomic mass is 9.81. The van der Waals surface area contributed by atoms with Gasteiger partial charge in [0, 0.05) is 41.5 Å². The minimum Gasteiger partial charge on any atom is -0.503 e. The predicted octanol–water partition coefficient (Wildman–Crippen LogP) is 2.68. The number of aliphatic hydroxyl groups is 1. The molecule has 10 heteroatoms. The molecule has 0 bridgehead atoms. The lowest BCUT2D eigenvalue weighted by Gasteiger charge is -2.35. The molecule has 1 aromatic carbocycles. The van der Waals surface area contributed by atoms with E-state index in [-0.39, 0.29) is 28.5 Å². The lowest BCUT2D eigenvalue weighted by Crippen LogP contribution is -2.51. The van der Waals surface area contributed by atoms with Gasteiger partial charge in [-0.15, -0.1) is 0 Å². The number of carbonyl (C=O) groups is 3. The largest absolute Gasteiger partial charge is 0.503 e. The van der Waals surface area contributed by atoms with E-state index in [0.29, 0.717) is 16.3 Å². The van der Waals surface area contributed by atoms with Crippen LogP contribution in [0.2, 0.25) is 10.0 Å². The van der Waals surface area contributed by atoms with E-state index in [1.165, 1.54) is 32.3 Å². The Labute approximate surface area is 180 Å². The van der Waals surface area contributed by atoms with Crippen molar-refractivity contribution in [1.82, 2.24) is 4.57 Å². The van der Waals surface area contributed by atoms with Crippen LogP contribution in [0.5, 0.6) is 0 Å². The Hall–Kier alpha value is -3.10. The van der Waals surface area contributed by atoms with Crippen LogP contribution in [-0.4, -0.2) is 27.3 Å². The second kappa shape index (κ2) is 6.72. The number of anilines is 2. The smallest absolute Gasteiger partial charge is 0.294 e. The number of hydrogen-bond donors (Lipinski definition) is 2. The van der Waals surface area contributed by atoms with Gasteiger partial charge in [-0.2, -0.15) is 0 Å². The van der Waals surface area contributed by atoms with Gasteiger partial charge in [0.15, 0.2) is 11.3 Å². The van der Waals surface area contributed by atoms with Crippen molar-refractivity contribution in [3.63, 3.8) is 0 Å². The van der Waals surface area contributed by atoms with Crippen molar-refractivity contribution in [3.8, 4) is 0 Å². The quantitative estimate of drug-likeness (QED) is 0.751. The molecule has 154 valence electrons. The van der Waals surface area contributed by atoms with E-state index in [4.69, 9.17) is 23.2 Å². The molecule has 30 heavy (non-hydrogen) atoms. The van der Waals surface area contributed by atoms with Gasteiger partial charge in [0.05, 0.1) is 5.69 Å². The predicted molar refractivity (Wildman–Crippen MR) is 111 cm³/mol. The second-order valence-electron chi connectivity index (χ2n) is 7.16. The van der Waals surface area contributed by atoms with Gasteiger partial charge in [-0.1, -0.05) is 29.3 Å². The van der Waals surface area contributed by atoms with Crippen molar-refractivity contribution < 1.29 is 19.5 Å². The van der Waals surface area contributed by atoms with Crippen molar-refractivity contribution >= 4 is 52.2 Å². The number of ketones is 1. The van der Waals surface area contributed by atoms with Gasteiger partial charge >= 0.3 is 0 Å². The topological polar surface area (TPSA) is 109 Å². The van der Waals surface area contributed by atoms with Crippen LogP contribution < -0.4 is 15.8 Å². The van der Waals surface area contributed by atoms with Crippen molar-refractivity contribution in [1.29, 1.82) is 0 Å². The molecule has 1 aromatic heterocycles. The van der Waals surface area contributed by atoms with E-state index in [9.17, 15) is 24.3 Å². The number of aryl methyl sites for hydroxylation is 1. The van der Waals surface area contributed by atoms with Crippen LogP contribution in [-0.2, 0) is 27.0 Å². The number of hydrogen-bond acceptors (Lipinski definition) is 5. The zero-order valence-corrected chi connectivity index (χ0v) is 17.3.